The largest absolute Gasteiger partial charge is 0.493 e. The fourth-order valence-corrected chi connectivity index (χ4v) is 3.01. The molecule has 2 unspecified atom stereocenters. The lowest BCUT2D eigenvalue weighted by Crippen LogP contribution is -2.21. The van der Waals surface area contributed by atoms with Crippen molar-refractivity contribution < 1.29 is 9.47 Å². The van der Waals surface area contributed by atoms with Gasteiger partial charge in [0, 0.05) is 0 Å². The van der Waals surface area contributed by atoms with E-state index >= 15 is 0 Å². The number of nitrogens with two attached hydrogens (primary N) is 1. The average molecular weight is 249 g/mol. The summed E-state index contributed by atoms with van der Waals surface area (Å²) < 4.78 is 10.8. The summed E-state index contributed by atoms with van der Waals surface area (Å²) in [5.41, 5.74) is 8.54. The van der Waals surface area contributed by atoms with Gasteiger partial charge in [-0.1, -0.05) is 6.92 Å². The standard InChI is InChI=1S/C15H23NO2/c1-10-4-5-11-8-14(17-2)15(18-3)9-13(11)12(10)6-7-16/h8-10,12H,4-7,16H2,1-3H3. The molecule has 0 radical (unpaired) electrons. The lowest BCUT2D eigenvalue weighted by Gasteiger charge is -2.32. The van der Waals surface area contributed by atoms with E-state index in [1.54, 1.807) is 14.2 Å². The van der Waals surface area contributed by atoms with E-state index in [2.05, 4.69) is 19.1 Å². The van der Waals surface area contributed by atoms with Crippen molar-refractivity contribution in [3.8, 4) is 11.5 Å². The number of benzene rings is 1. The third-order valence-electron chi connectivity index (χ3n) is 4.08. The van der Waals surface area contributed by atoms with Crippen molar-refractivity contribution in [2.75, 3.05) is 20.8 Å². The zero-order valence-electron chi connectivity index (χ0n) is 11.5. The summed E-state index contributed by atoms with van der Waals surface area (Å²) in [4.78, 5) is 0. The van der Waals surface area contributed by atoms with Gasteiger partial charge < -0.3 is 15.2 Å². The van der Waals surface area contributed by atoms with Crippen molar-refractivity contribution in [3.63, 3.8) is 0 Å². The molecule has 0 spiro atoms. The van der Waals surface area contributed by atoms with Crippen LogP contribution in [-0.2, 0) is 6.42 Å². The molecule has 2 N–H and O–H groups in total. The highest BCUT2D eigenvalue weighted by Crippen LogP contribution is 2.42. The van der Waals surface area contributed by atoms with Crippen LogP contribution >= 0.6 is 0 Å². The minimum absolute atomic E-state index is 0.554. The zero-order valence-corrected chi connectivity index (χ0v) is 11.5. The van der Waals surface area contributed by atoms with Gasteiger partial charge in [0.15, 0.2) is 11.5 Å². The van der Waals surface area contributed by atoms with Crippen molar-refractivity contribution in [1.29, 1.82) is 0 Å². The van der Waals surface area contributed by atoms with E-state index in [1.165, 1.54) is 17.5 Å². The number of hydrogen-bond donors (Lipinski definition) is 1. The third kappa shape index (κ3) is 2.32. The van der Waals surface area contributed by atoms with Crippen LogP contribution in [0.1, 0.15) is 36.8 Å². The zero-order chi connectivity index (χ0) is 13.1. The molecular weight excluding hydrogens is 226 g/mol. The molecule has 1 aliphatic carbocycles. The van der Waals surface area contributed by atoms with Gasteiger partial charge in [0.25, 0.3) is 0 Å². The van der Waals surface area contributed by atoms with Gasteiger partial charge in [-0.25, -0.2) is 0 Å². The van der Waals surface area contributed by atoms with Gasteiger partial charge in [-0.15, -0.1) is 0 Å². The summed E-state index contributed by atoms with van der Waals surface area (Å²) in [5.74, 6) is 2.90. The van der Waals surface area contributed by atoms with E-state index in [9.17, 15) is 0 Å². The maximum absolute atomic E-state index is 5.75. The van der Waals surface area contributed by atoms with E-state index in [4.69, 9.17) is 15.2 Å². The van der Waals surface area contributed by atoms with Crippen LogP contribution in [-0.4, -0.2) is 20.8 Å². The van der Waals surface area contributed by atoms with E-state index < -0.39 is 0 Å². The van der Waals surface area contributed by atoms with Gasteiger partial charge in [-0.2, -0.15) is 0 Å². The van der Waals surface area contributed by atoms with Gasteiger partial charge >= 0.3 is 0 Å². The molecule has 3 nitrogen and oxygen atoms in total. The molecule has 100 valence electrons. The van der Waals surface area contributed by atoms with E-state index in [1.807, 2.05) is 0 Å². The van der Waals surface area contributed by atoms with Crippen molar-refractivity contribution in [1.82, 2.24) is 0 Å². The molecule has 2 atom stereocenters. The second-order valence-corrected chi connectivity index (χ2v) is 5.11. The minimum Gasteiger partial charge on any atom is -0.493 e. The Morgan fingerprint density at radius 1 is 1.22 bits per heavy atom. The summed E-state index contributed by atoms with van der Waals surface area (Å²) in [6.45, 7) is 3.06. The molecule has 0 aliphatic heterocycles. The normalized spacial score (nSPS) is 22.4. The quantitative estimate of drug-likeness (QED) is 0.892. The van der Waals surface area contributed by atoms with Crippen LogP contribution in [0.25, 0.3) is 0 Å². The lowest BCUT2D eigenvalue weighted by atomic mass is 9.74. The highest BCUT2D eigenvalue weighted by atomic mass is 16.5. The van der Waals surface area contributed by atoms with E-state index in [0.717, 1.165) is 30.9 Å². The first kappa shape index (κ1) is 13.2. The van der Waals surface area contributed by atoms with Gasteiger partial charge in [0.2, 0.25) is 0 Å². The van der Waals surface area contributed by atoms with Gasteiger partial charge in [-0.3, -0.25) is 0 Å². The van der Waals surface area contributed by atoms with Crippen LogP contribution in [0.15, 0.2) is 12.1 Å². The van der Waals surface area contributed by atoms with Crippen molar-refractivity contribution in [3.05, 3.63) is 23.3 Å². The fraction of sp³-hybridized carbons (Fsp3) is 0.600. The van der Waals surface area contributed by atoms with Crippen molar-refractivity contribution in [2.45, 2.75) is 32.1 Å². The molecule has 0 heterocycles. The van der Waals surface area contributed by atoms with Gasteiger partial charge in [0.05, 0.1) is 14.2 Å². The SMILES string of the molecule is COc1cc2c(cc1OC)C(CCN)C(C)CC2. The molecule has 3 heteroatoms. The Morgan fingerprint density at radius 2 is 1.89 bits per heavy atom. The Labute approximate surface area is 109 Å². The fourth-order valence-electron chi connectivity index (χ4n) is 3.01. The Morgan fingerprint density at radius 3 is 2.50 bits per heavy atom. The van der Waals surface area contributed by atoms with Crippen molar-refractivity contribution in [2.24, 2.45) is 11.7 Å². The topological polar surface area (TPSA) is 44.5 Å². The molecule has 0 amide bonds. The number of rotatable bonds is 4. The molecule has 2 rings (SSSR count). The lowest BCUT2D eigenvalue weighted by molar-refractivity contribution is 0.346. The van der Waals surface area contributed by atoms with Crippen LogP contribution < -0.4 is 15.2 Å². The van der Waals surface area contributed by atoms with Gasteiger partial charge in [-0.05, 0) is 60.9 Å². The summed E-state index contributed by atoms with van der Waals surface area (Å²) in [6.07, 6.45) is 3.40. The molecule has 0 saturated carbocycles. The first-order valence-corrected chi connectivity index (χ1v) is 6.66. The highest BCUT2D eigenvalue weighted by molar-refractivity contribution is 5.49. The average Bonchev–Trinajstić information content (AvgIpc) is 2.40. The minimum atomic E-state index is 0.554. The first-order valence-electron chi connectivity index (χ1n) is 6.66. The maximum Gasteiger partial charge on any atom is 0.161 e. The van der Waals surface area contributed by atoms with Crippen molar-refractivity contribution >= 4 is 0 Å². The molecule has 0 fully saturated rings. The second-order valence-electron chi connectivity index (χ2n) is 5.11. The summed E-state index contributed by atoms with van der Waals surface area (Å²) in [6, 6.07) is 4.27. The monoisotopic (exact) mass is 249 g/mol. The maximum atomic E-state index is 5.75. The number of aryl methyl sites for hydroxylation is 1. The highest BCUT2D eigenvalue weighted by Gasteiger charge is 2.27. The van der Waals surface area contributed by atoms with E-state index in [-0.39, 0.29) is 0 Å². The molecule has 0 bridgehead atoms. The Kier molecular flexibility index (Phi) is 4.12. The molecular formula is C15H23NO2. The molecule has 1 aromatic carbocycles. The number of hydrogen-bond acceptors (Lipinski definition) is 3. The number of ether oxygens (including phenoxy) is 2. The Balaban J connectivity index is 2.44. The van der Waals surface area contributed by atoms with Crippen LogP contribution in [0.3, 0.4) is 0 Å². The Bertz CT molecular complexity index is 417. The smallest absolute Gasteiger partial charge is 0.161 e. The predicted molar refractivity (Wildman–Crippen MR) is 73.4 cm³/mol. The molecule has 0 saturated heterocycles. The van der Waals surface area contributed by atoms with Crippen LogP contribution in [0.4, 0.5) is 0 Å². The first-order chi connectivity index (χ1) is 8.71. The third-order valence-corrected chi connectivity index (χ3v) is 4.08. The summed E-state index contributed by atoms with van der Waals surface area (Å²) in [5, 5.41) is 0. The number of fused-ring (bicyclic) bond motifs is 1. The van der Waals surface area contributed by atoms with Gasteiger partial charge in [0.1, 0.15) is 0 Å². The summed E-state index contributed by atoms with van der Waals surface area (Å²) >= 11 is 0. The molecule has 0 aromatic heterocycles. The van der Waals surface area contributed by atoms with Crippen LogP contribution in [0, 0.1) is 5.92 Å². The second kappa shape index (κ2) is 5.61. The van der Waals surface area contributed by atoms with E-state index in [0.29, 0.717) is 11.8 Å². The Hall–Kier alpha value is -1.22. The number of methoxy groups -OCH3 is 2. The molecule has 18 heavy (non-hydrogen) atoms. The summed E-state index contributed by atoms with van der Waals surface area (Å²) in [7, 11) is 3.38. The van der Waals surface area contributed by atoms with Crippen LogP contribution in [0.5, 0.6) is 11.5 Å². The predicted octanol–water partition coefficient (Wildman–Crippen LogP) is 2.72. The molecule has 1 aliphatic rings. The van der Waals surface area contributed by atoms with Crippen LogP contribution in [0.2, 0.25) is 0 Å². The molecule has 1 aromatic rings.